The highest BCUT2D eigenvalue weighted by Crippen LogP contribution is 2.38. The molecule has 2 atom stereocenters. The van der Waals surface area contributed by atoms with E-state index in [1.165, 1.54) is 29.3 Å². The third kappa shape index (κ3) is 2.46. The van der Waals surface area contributed by atoms with Crippen LogP contribution in [-0.4, -0.2) is 11.2 Å². The second-order valence-corrected chi connectivity index (χ2v) is 5.39. The number of halogens is 2. The normalized spacial score (nSPS) is 18.2. The predicted octanol–water partition coefficient (Wildman–Crippen LogP) is 3.60. The summed E-state index contributed by atoms with van der Waals surface area (Å²) in [6.45, 7) is 0. The van der Waals surface area contributed by atoms with E-state index in [1.807, 2.05) is 12.1 Å². The molecule has 1 N–H and O–H groups in total. The number of hydrogen-bond donors (Lipinski definition) is 1. The Kier molecular flexibility index (Phi) is 3.53. The van der Waals surface area contributed by atoms with Crippen LogP contribution < -0.4 is 0 Å². The smallest absolute Gasteiger partial charge is 0.129 e. The van der Waals surface area contributed by atoms with Crippen molar-refractivity contribution in [2.24, 2.45) is 0 Å². The van der Waals surface area contributed by atoms with Crippen LogP contribution in [-0.2, 0) is 12.8 Å². The summed E-state index contributed by atoms with van der Waals surface area (Å²) in [6.07, 6.45) is 0.786. The fourth-order valence-corrected chi connectivity index (χ4v) is 2.95. The molecule has 2 unspecified atom stereocenters. The van der Waals surface area contributed by atoms with Gasteiger partial charge in [0.15, 0.2) is 0 Å². The molecule has 1 nitrogen and oxygen atoms in total. The second-order valence-electron chi connectivity index (χ2n) is 5.39. The first-order chi connectivity index (χ1) is 9.65. The lowest BCUT2D eigenvalue weighted by atomic mass is 9.74. The van der Waals surface area contributed by atoms with Gasteiger partial charge >= 0.3 is 0 Å². The van der Waals surface area contributed by atoms with Crippen molar-refractivity contribution in [2.45, 2.75) is 31.3 Å². The van der Waals surface area contributed by atoms with Gasteiger partial charge < -0.3 is 5.11 Å². The first-order valence-electron chi connectivity index (χ1n) is 6.84. The molecule has 0 heterocycles. The van der Waals surface area contributed by atoms with Crippen molar-refractivity contribution in [3.63, 3.8) is 0 Å². The average Bonchev–Trinajstić information content (AvgIpc) is 2.40. The molecule has 0 bridgehead atoms. The van der Waals surface area contributed by atoms with Gasteiger partial charge in [-0.25, -0.2) is 8.78 Å². The first-order valence-corrected chi connectivity index (χ1v) is 6.84. The third-order valence-corrected chi connectivity index (χ3v) is 4.02. The molecule has 3 rings (SSSR count). The molecule has 0 saturated carbocycles. The largest absolute Gasteiger partial charge is 0.393 e. The summed E-state index contributed by atoms with van der Waals surface area (Å²) < 4.78 is 27.1. The van der Waals surface area contributed by atoms with E-state index in [1.54, 1.807) is 0 Å². The molecule has 0 aliphatic heterocycles. The van der Waals surface area contributed by atoms with Gasteiger partial charge in [0, 0.05) is 12.0 Å². The molecular weight excluding hydrogens is 258 g/mol. The first kappa shape index (κ1) is 13.3. The quantitative estimate of drug-likeness (QED) is 0.903. The van der Waals surface area contributed by atoms with Gasteiger partial charge in [-0.05, 0) is 42.0 Å². The summed E-state index contributed by atoms with van der Waals surface area (Å²) in [5, 5.41) is 10.1. The lowest BCUT2D eigenvalue weighted by molar-refractivity contribution is 0.149. The molecule has 0 fully saturated rings. The minimum absolute atomic E-state index is 0.0207. The van der Waals surface area contributed by atoms with E-state index < -0.39 is 17.7 Å². The Hall–Kier alpha value is -1.74. The van der Waals surface area contributed by atoms with Gasteiger partial charge in [0.2, 0.25) is 0 Å². The van der Waals surface area contributed by atoms with Crippen molar-refractivity contribution in [1.82, 2.24) is 0 Å². The molecule has 104 valence electrons. The third-order valence-electron chi connectivity index (χ3n) is 4.02. The van der Waals surface area contributed by atoms with Gasteiger partial charge in [0.1, 0.15) is 11.6 Å². The predicted molar refractivity (Wildman–Crippen MR) is 73.6 cm³/mol. The van der Waals surface area contributed by atoms with Crippen LogP contribution in [0.2, 0.25) is 0 Å². The van der Waals surface area contributed by atoms with Crippen molar-refractivity contribution in [3.8, 4) is 0 Å². The highest BCUT2D eigenvalue weighted by Gasteiger charge is 2.28. The van der Waals surface area contributed by atoms with Crippen molar-refractivity contribution < 1.29 is 13.9 Å². The molecule has 2 aromatic rings. The Morgan fingerprint density at radius 1 is 1.05 bits per heavy atom. The van der Waals surface area contributed by atoms with Gasteiger partial charge in [-0.1, -0.05) is 30.3 Å². The highest BCUT2D eigenvalue weighted by molar-refractivity contribution is 5.40. The van der Waals surface area contributed by atoms with Gasteiger partial charge in [-0.15, -0.1) is 0 Å². The average molecular weight is 274 g/mol. The molecule has 0 amide bonds. The van der Waals surface area contributed by atoms with Crippen LogP contribution in [0, 0.1) is 11.6 Å². The van der Waals surface area contributed by atoms with Crippen molar-refractivity contribution in [3.05, 3.63) is 70.8 Å². The standard InChI is InChI=1S/C17H16F2O/c18-16-6-3-7-17(19)15(16)10-13(20)9-12-8-11-4-1-2-5-14(11)12/h1-7,12-13,20H,8-10H2. The van der Waals surface area contributed by atoms with E-state index in [0.29, 0.717) is 12.3 Å². The Balaban J connectivity index is 1.66. The summed E-state index contributed by atoms with van der Waals surface area (Å²) in [7, 11) is 0. The van der Waals surface area contributed by atoms with Crippen LogP contribution in [0.15, 0.2) is 42.5 Å². The summed E-state index contributed by atoms with van der Waals surface area (Å²) in [4.78, 5) is 0. The van der Waals surface area contributed by atoms with Crippen molar-refractivity contribution in [1.29, 1.82) is 0 Å². The Labute approximate surface area is 116 Å². The van der Waals surface area contributed by atoms with Crippen molar-refractivity contribution in [2.75, 3.05) is 0 Å². The Bertz CT molecular complexity index is 604. The van der Waals surface area contributed by atoms with Gasteiger partial charge in [0.05, 0.1) is 6.10 Å². The van der Waals surface area contributed by atoms with E-state index in [2.05, 4.69) is 12.1 Å². The zero-order valence-electron chi connectivity index (χ0n) is 11.0. The fraction of sp³-hybridized carbons (Fsp3) is 0.294. The number of aliphatic hydroxyl groups excluding tert-OH is 1. The van der Waals surface area contributed by atoms with E-state index in [9.17, 15) is 13.9 Å². The van der Waals surface area contributed by atoms with Crippen molar-refractivity contribution >= 4 is 0 Å². The summed E-state index contributed by atoms with van der Waals surface area (Å²) in [5.41, 5.74) is 2.54. The molecule has 1 aliphatic rings. The number of benzene rings is 2. The van der Waals surface area contributed by atoms with Gasteiger partial charge in [0.25, 0.3) is 0 Å². The van der Waals surface area contributed by atoms with E-state index in [4.69, 9.17) is 0 Å². The molecule has 0 aromatic heterocycles. The summed E-state index contributed by atoms with van der Waals surface area (Å²) >= 11 is 0. The Morgan fingerprint density at radius 2 is 1.75 bits per heavy atom. The zero-order valence-corrected chi connectivity index (χ0v) is 11.0. The van der Waals surface area contributed by atoms with Crippen LogP contribution >= 0.6 is 0 Å². The van der Waals surface area contributed by atoms with Crippen LogP contribution in [0.3, 0.4) is 0 Å². The van der Waals surface area contributed by atoms with Crippen LogP contribution in [0.25, 0.3) is 0 Å². The number of fused-ring (bicyclic) bond motifs is 1. The maximum absolute atomic E-state index is 13.5. The van der Waals surface area contributed by atoms with E-state index in [0.717, 1.165) is 6.42 Å². The minimum atomic E-state index is -0.722. The SMILES string of the molecule is OC(Cc1c(F)cccc1F)CC1Cc2ccccc21. The molecule has 0 spiro atoms. The highest BCUT2D eigenvalue weighted by atomic mass is 19.1. The van der Waals surface area contributed by atoms with Crippen LogP contribution in [0.4, 0.5) is 8.78 Å². The van der Waals surface area contributed by atoms with Gasteiger partial charge in [-0.3, -0.25) is 0 Å². The molecule has 1 aliphatic carbocycles. The van der Waals surface area contributed by atoms with E-state index >= 15 is 0 Å². The van der Waals surface area contributed by atoms with Crippen LogP contribution in [0.5, 0.6) is 0 Å². The zero-order chi connectivity index (χ0) is 14.1. The molecule has 0 saturated heterocycles. The Morgan fingerprint density at radius 3 is 2.45 bits per heavy atom. The lowest BCUT2D eigenvalue weighted by Crippen LogP contribution is -2.24. The molecule has 2 aromatic carbocycles. The number of rotatable bonds is 4. The molecule has 0 radical (unpaired) electrons. The summed E-state index contributed by atoms with van der Waals surface area (Å²) in [5.74, 6) is -0.868. The minimum Gasteiger partial charge on any atom is -0.393 e. The topological polar surface area (TPSA) is 20.2 Å². The lowest BCUT2D eigenvalue weighted by Gasteiger charge is -2.31. The van der Waals surface area contributed by atoms with E-state index in [-0.39, 0.29) is 12.0 Å². The summed E-state index contributed by atoms with van der Waals surface area (Å²) in [6, 6.07) is 11.9. The fourth-order valence-electron chi connectivity index (χ4n) is 2.95. The van der Waals surface area contributed by atoms with Crippen LogP contribution in [0.1, 0.15) is 29.0 Å². The maximum atomic E-state index is 13.5. The monoisotopic (exact) mass is 274 g/mol. The molecule has 3 heteroatoms. The number of hydrogen-bond acceptors (Lipinski definition) is 1. The molecule has 20 heavy (non-hydrogen) atoms. The maximum Gasteiger partial charge on any atom is 0.129 e. The second kappa shape index (κ2) is 5.33. The number of aliphatic hydroxyl groups is 1. The van der Waals surface area contributed by atoms with Gasteiger partial charge in [-0.2, -0.15) is 0 Å². The molecular formula is C17H16F2O.